The van der Waals surface area contributed by atoms with E-state index in [1.165, 1.54) is 6.42 Å². The van der Waals surface area contributed by atoms with Crippen LogP contribution in [-0.2, 0) is 6.54 Å². The maximum atomic E-state index is 5.03. The van der Waals surface area contributed by atoms with Crippen LogP contribution in [0.2, 0.25) is 0 Å². The van der Waals surface area contributed by atoms with Crippen molar-refractivity contribution < 1.29 is 4.52 Å². The SMILES string of the molecule is Cc1nc(CN(C)[C@@H]2CCCN(c3cccnn3)C2)no1. The lowest BCUT2D eigenvalue weighted by Crippen LogP contribution is -2.46. The highest BCUT2D eigenvalue weighted by Gasteiger charge is 2.25. The zero-order chi connectivity index (χ0) is 14.7. The number of aryl methyl sites for hydroxylation is 1. The third-order valence-corrected chi connectivity index (χ3v) is 3.86. The fourth-order valence-electron chi connectivity index (χ4n) is 2.74. The Morgan fingerprint density at radius 3 is 3.10 bits per heavy atom. The summed E-state index contributed by atoms with van der Waals surface area (Å²) in [7, 11) is 2.11. The minimum Gasteiger partial charge on any atom is -0.354 e. The van der Waals surface area contributed by atoms with E-state index in [0.29, 0.717) is 18.5 Å². The summed E-state index contributed by atoms with van der Waals surface area (Å²) in [5.74, 6) is 2.31. The second-order valence-corrected chi connectivity index (χ2v) is 5.47. The third kappa shape index (κ3) is 3.36. The molecule has 1 aliphatic heterocycles. The van der Waals surface area contributed by atoms with Crippen LogP contribution in [0.4, 0.5) is 5.82 Å². The smallest absolute Gasteiger partial charge is 0.223 e. The van der Waals surface area contributed by atoms with Gasteiger partial charge in [-0.2, -0.15) is 10.1 Å². The fraction of sp³-hybridized carbons (Fsp3) is 0.571. The highest BCUT2D eigenvalue weighted by molar-refractivity contribution is 5.37. The molecule has 1 fully saturated rings. The van der Waals surface area contributed by atoms with Crippen molar-refractivity contribution >= 4 is 5.82 Å². The van der Waals surface area contributed by atoms with Crippen LogP contribution in [0.25, 0.3) is 0 Å². The Bertz CT molecular complexity index is 572. The van der Waals surface area contributed by atoms with Crippen LogP contribution >= 0.6 is 0 Å². The normalized spacial score (nSPS) is 19.2. The number of piperidine rings is 1. The summed E-state index contributed by atoms with van der Waals surface area (Å²) in [4.78, 5) is 8.84. The van der Waals surface area contributed by atoms with Crippen molar-refractivity contribution in [3.63, 3.8) is 0 Å². The lowest BCUT2D eigenvalue weighted by Gasteiger charge is -2.37. The minimum atomic E-state index is 0.458. The molecule has 7 heteroatoms. The van der Waals surface area contributed by atoms with Gasteiger partial charge in [-0.25, -0.2) is 0 Å². The molecule has 0 aliphatic carbocycles. The molecule has 0 bridgehead atoms. The molecule has 112 valence electrons. The molecule has 7 nitrogen and oxygen atoms in total. The van der Waals surface area contributed by atoms with Crippen molar-refractivity contribution in [2.24, 2.45) is 0 Å². The van der Waals surface area contributed by atoms with Crippen molar-refractivity contribution in [1.29, 1.82) is 0 Å². The summed E-state index contributed by atoms with van der Waals surface area (Å²) in [6.07, 6.45) is 4.02. The van der Waals surface area contributed by atoms with Gasteiger partial charge in [-0.3, -0.25) is 4.90 Å². The summed E-state index contributed by atoms with van der Waals surface area (Å²) in [5.41, 5.74) is 0. The maximum absolute atomic E-state index is 5.03. The number of aromatic nitrogens is 4. The van der Waals surface area contributed by atoms with Gasteiger partial charge in [-0.15, -0.1) is 5.10 Å². The van der Waals surface area contributed by atoms with Crippen LogP contribution in [0.5, 0.6) is 0 Å². The average Bonchev–Trinajstić information content (AvgIpc) is 2.93. The first-order valence-electron chi connectivity index (χ1n) is 7.24. The Morgan fingerprint density at radius 2 is 2.38 bits per heavy atom. The molecule has 0 spiro atoms. The van der Waals surface area contributed by atoms with Crippen molar-refractivity contribution in [2.45, 2.75) is 32.4 Å². The molecule has 1 aliphatic rings. The van der Waals surface area contributed by atoms with E-state index in [-0.39, 0.29) is 0 Å². The number of nitrogens with zero attached hydrogens (tertiary/aromatic N) is 6. The van der Waals surface area contributed by atoms with Crippen LogP contribution in [0.3, 0.4) is 0 Å². The van der Waals surface area contributed by atoms with E-state index in [2.05, 4.69) is 37.2 Å². The lowest BCUT2D eigenvalue weighted by atomic mass is 10.0. The average molecular weight is 288 g/mol. The van der Waals surface area contributed by atoms with Crippen LogP contribution in [0, 0.1) is 6.92 Å². The second-order valence-electron chi connectivity index (χ2n) is 5.47. The molecule has 0 aromatic carbocycles. The molecule has 3 heterocycles. The third-order valence-electron chi connectivity index (χ3n) is 3.86. The number of anilines is 1. The van der Waals surface area contributed by atoms with Crippen LogP contribution in [0.15, 0.2) is 22.9 Å². The van der Waals surface area contributed by atoms with Crippen LogP contribution < -0.4 is 4.90 Å². The van der Waals surface area contributed by atoms with Crippen molar-refractivity contribution in [3.8, 4) is 0 Å². The van der Waals surface area contributed by atoms with E-state index in [1.807, 2.05) is 19.1 Å². The fourth-order valence-corrected chi connectivity index (χ4v) is 2.74. The number of hydrogen-bond acceptors (Lipinski definition) is 7. The van der Waals surface area contributed by atoms with Gasteiger partial charge in [0.25, 0.3) is 0 Å². The molecule has 3 rings (SSSR count). The monoisotopic (exact) mass is 288 g/mol. The van der Waals surface area contributed by atoms with Gasteiger partial charge in [0.1, 0.15) is 0 Å². The van der Waals surface area contributed by atoms with E-state index in [4.69, 9.17) is 4.52 Å². The maximum Gasteiger partial charge on any atom is 0.223 e. The van der Waals surface area contributed by atoms with Gasteiger partial charge >= 0.3 is 0 Å². The first-order chi connectivity index (χ1) is 10.2. The molecule has 2 aromatic heterocycles. The Labute approximate surface area is 124 Å². The van der Waals surface area contributed by atoms with E-state index >= 15 is 0 Å². The van der Waals surface area contributed by atoms with Gasteiger partial charge in [0.2, 0.25) is 5.89 Å². The molecule has 2 aromatic rings. The highest BCUT2D eigenvalue weighted by Crippen LogP contribution is 2.20. The zero-order valence-electron chi connectivity index (χ0n) is 12.4. The molecule has 1 atom stereocenters. The first kappa shape index (κ1) is 13.9. The zero-order valence-corrected chi connectivity index (χ0v) is 12.4. The predicted octanol–water partition coefficient (Wildman–Crippen LogP) is 1.27. The lowest BCUT2D eigenvalue weighted by molar-refractivity contribution is 0.200. The molecule has 0 radical (unpaired) electrons. The van der Waals surface area contributed by atoms with Gasteiger partial charge < -0.3 is 9.42 Å². The second kappa shape index (κ2) is 6.17. The summed E-state index contributed by atoms with van der Waals surface area (Å²) in [6, 6.07) is 4.40. The molecular weight excluding hydrogens is 268 g/mol. The van der Waals surface area contributed by atoms with Crippen LogP contribution in [-0.4, -0.2) is 51.4 Å². The van der Waals surface area contributed by atoms with Gasteiger partial charge in [-0.1, -0.05) is 5.16 Å². The summed E-state index contributed by atoms with van der Waals surface area (Å²) >= 11 is 0. The first-order valence-corrected chi connectivity index (χ1v) is 7.24. The Morgan fingerprint density at radius 1 is 1.48 bits per heavy atom. The number of hydrogen-bond donors (Lipinski definition) is 0. The quantitative estimate of drug-likeness (QED) is 0.839. The molecule has 0 N–H and O–H groups in total. The van der Waals surface area contributed by atoms with E-state index in [1.54, 1.807) is 6.20 Å². The summed E-state index contributed by atoms with van der Waals surface area (Å²) < 4.78 is 5.03. The van der Waals surface area contributed by atoms with Crippen molar-refractivity contribution in [1.82, 2.24) is 25.2 Å². The van der Waals surface area contributed by atoms with Crippen molar-refractivity contribution in [2.75, 3.05) is 25.0 Å². The molecule has 0 unspecified atom stereocenters. The van der Waals surface area contributed by atoms with Gasteiger partial charge in [0.05, 0.1) is 6.54 Å². The van der Waals surface area contributed by atoms with Gasteiger partial charge in [0, 0.05) is 32.3 Å². The molecule has 0 amide bonds. The molecule has 21 heavy (non-hydrogen) atoms. The standard InChI is InChI=1S/C14H20N6O/c1-11-16-13(18-21-11)10-19(2)12-5-4-8-20(9-12)14-6-3-7-15-17-14/h3,6-7,12H,4-5,8-10H2,1-2H3/t12-/m1/s1. The minimum absolute atomic E-state index is 0.458. The van der Waals surface area contributed by atoms with E-state index < -0.39 is 0 Å². The largest absolute Gasteiger partial charge is 0.354 e. The number of likely N-dealkylation sites (N-methyl/N-ethyl adjacent to an activating group) is 1. The predicted molar refractivity (Wildman–Crippen MR) is 77.8 cm³/mol. The molecular formula is C14H20N6O. The molecule has 1 saturated heterocycles. The summed E-state index contributed by atoms with van der Waals surface area (Å²) in [6.45, 7) is 4.50. The van der Waals surface area contributed by atoms with Crippen molar-refractivity contribution in [3.05, 3.63) is 30.0 Å². The van der Waals surface area contributed by atoms with E-state index in [9.17, 15) is 0 Å². The molecule has 0 saturated carbocycles. The Hall–Kier alpha value is -2.02. The topological polar surface area (TPSA) is 71.2 Å². The Kier molecular flexibility index (Phi) is 4.10. The van der Waals surface area contributed by atoms with E-state index in [0.717, 1.165) is 31.2 Å². The number of rotatable bonds is 4. The van der Waals surface area contributed by atoms with Gasteiger partial charge in [0.15, 0.2) is 11.6 Å². The summed E-state index contributed by atoms with van der Waals surface area (Å²) in [5, 5.41) is 12.1. The highest BCUT2D eigenvalue weighted by atomic mass is 16.5. The van der Waals surface area contributed by atoms with Crippen LogP contribution in [0.1, 0.15) is 24.6 Å². The Balaban J connectivity index is 1.62. The van der Waals surface area contributed by atoms with Gasteiger partial charge in [-0.05, 0) is 32.0 Å².